The molecular weight excluding hydrogens is 384 g/mol. The molecule has 1 aromatic heterocycles. The molecule has 1 amide bonds. The van der Waals surface area contributed by atoms with E-state index in [1.807, 2.05) is 72.8 Å². The van der Waals surface area contributed by atoms with Gasteiger partial charge in [0.2, 0.25) is 0 Å². The van der Waals surface area contributed by atoms with Crippen molar-refractivity contribution in [3.8, 4) is 5.75 Å². The average Bonchev–Trinajstić information content (AvgIpc) is 3.19. The first-order chi connectivity index (χ1) is 14.2. The SMILES string of the molecule is COc1ccccc1CNC(=O)c1ccccc1CSc1nc2ccccc2o1. The zero-order valence-corrected chi connectivity index (χ0v) is 16.7. The predicted octanol–water partition coefficient (Wildman–Crippen LogP) is 5.06. The van der Waals surface area contributed by atoms with Gasteiger partial charge in [0.1, 0.15) is 11.3 Å². The Kier molecular flexibility index (Phi) is 5.81. The minimum absolute atomic E-state index is 0.121. The Labute approximate surface area is 173 Å². The van der Waals surface area contributed by atoms with Crippen LogP contribution in [0.15, 0.2) is 82.4 Å². The van der Waals surface area contributed by atoms with Gasteiger partial charge in [0.25, 0.3) is 11.1 Å². The number of nitrogens with zero attached hydrogens (tertiary/aromatic N) is 1. The number of ether oxygens (including phenoxy) is 1. The number of nitrogens with one attached hydrogen (secondary N) is 1. The van der Waals surface area contributed by atoms with Crippen molar-refractivity contribution in [2.24, 2.45) is 0 Å². The van der Waals surface area contributed by atoms with E-state index in [4.69, 9.17) is 9.15 Å². The number of aromatic nitrogens is 1. The van der Waals surface area contributed by atoms with Crippen LogP contribution < -0.4 is 10.1 Å². The second kappa shape index (κ2) is 8.84. The van der Waals surface area contributed by atoms with Crippen LogP contribution in [0.3, 0.4) is 0 Å². The number of carbonyl (C=O) groups is 1. The van der Waals surface area contributed by atoms with Crippen LogP contribution in [-0.4, -0.2) is 18.0 Å². The van der Waals surface area contributed by atoms with Crippen LogP contribution in [0.5, 0.6) is 5.75 Å². The third-order valence-electron chi connectivity index (χ3n) is 4.52. The number of benzene rings is 3. The number of hydrogen-bond donors (Lipinski definition) is 1. The molecule has 0 atom stereocenters. The van der Waals surface area contributed by atoms with Crippen LogP contribution in [0.2, 0.25) is 0 Å². The molecule has 0 fully saturated rings. The lowest BCUT2D eigenvalue weighted by molar-refractivity contribution is 0.0950. The summed E-state index contributed by atoms with van der Waals surface area (Å²) in [4.78, 5) is 17.3. The van der Waals surface area contributed by atoms with E-state index in [-0.39, 0.29) is 5.91 Å². The van der Waals surface area contributed by atoms with Crippen LogP contribution in [0, 0.1) is 0 Å². The molecular formula is C23H20N2O3S. The summed E-state index contributed by atoms with van der Waals surface area (Å²) < 4.78 is 11.1. The maximum Gasteiger partial charge on any atom is 0.257 e. The molecule has 4 rings (SSSR count). The molecule has 6 heteroatoms. The van der Waals surface area contributed by atoms with Gasteiger partial charge in [-0.3, -0.25) is 4.79 Å². The van der Waals surface area contributed by atoms with Crippen molar-refractivity contribution in [1.29, 1.82) is 0 Å². The molecule has 1 N–H and O–H groups in total. The first-order valence-electron chi connectivity index (χ1n) is 9.21. The van der Waals surface area contributed by atoms with Crippen molar-refractivity contribution < 1.29 is 13.9 Å². The average molecular weight is 404 g/mol. The van der Waals surface area contributed by atoms with Crippen molar-refractivity contribution >= 4 is 28.8 Å². The predicted molar refractivity (Wildman–Crippen MR) is 114 cm³/mol. The first-order valence-corrected chi connectivity index (χ1v) is 10.2. The summed E-state index contributed by atoms with van der Waals surface area (Å²) >= 11 is 1.47. The number of para-hydroxylation sites is 3. The molecule has 146 valence electrons. The van der Waals surface area contributed by atoms with E-state index >= 15 is 0 Å². The van der Waals surface area contributed by atoms with Crippen molar-refractivity contribution in [3.05, 3.63) is 89.5 Å². The Balaban J connectivity index is 1.45. The zero-order chi connectivity index (χ0) is 20.1. The number of thioether (sulfide) groups is 1. The van der Waals surface area contributed by atoms with E-state index in [0.717, 1.165) is 28.0 Å². The number of carbonyl (C=O) groups excluding carboxylic acids is 1. The van der Waals surface area contributed by atoms with Crippen LogP contribution in [-0.2, 0) is 12.3 Å². The Morgan fingerprint density at radius 2 is 1.72 bits per heavy atom. The van der Waals surface area contributed by atoms with Crippen LogP contribution >= 0.6 is 11.8 Å². The molecule has 4 aromatic rings. The normalized spacial score (nSPS) is 10.8. The lowest BCUT2D eigenvalue weighted by atomic mass is 10.1. The smallest absolute Gasteiger partial charge is 0.257 e. The van der Waals surface area contributed by atoms with E-state index in [1.54, 1.807) is 7.11 Å². The van der Waals surface area contributed by atoms with Gasteiger partial charge < -0.3 is 14.5 Å². The summed E-state index contributed by atoms with van der Waals surface area (Å²) in [5.74, 6) is 1.22. The van der Waals surface area contributed by atoms with E-state index in [0.29, 0.717) is 23.1 Å². The molecule has 0 saturated carbocycles. The summed E-state index contributed by atoms with van der Waals surface area (Å²) in [5.41, 5.74) is 4.10. The summed E-state index contributed by atoms with van der Waals surface area (Å²) in [6.45, 7) is 0.398. The largest absolute Gasteiger partial charge is 0.496 e. The van der Waals surface area contributed by atoms with Crippen molar-refractivity contribution in [3.63, 3.8) is 0 Å². The summed E-state index contributed by atoms with van der Waals surface area (Å²) in [6, 6.07) is 22.9. The van der Waals surface area contributed by atoms with E-state index < -0.39 is 0 Å². The van der Waals surface area contributed by atoms with Crippen molar-refractivity contribution in [2.45, 2.75) is 17.5 Å². The van der Waals surface area contributed by atoms with Gasteiger partial charge in [-0.15, -0.1) is 0 Å². The fraction of sp³-hybridized carbons (Fsp3) is 0.130. The van der Waals surface area contributed by atoms with Gasteiger partial charge in [-0.05, 0) is 29.8 Å². The molecule has 5 nitrogen and oxygen atoms in total. The second-order valence-electron chi connectivity index (χ2n) is 6.39. The number of hydrogen-bond acceptors (Lipinski definition) is 5. The quantitative estimate of drug-likeness (QED) is 0.436. The minimum Gasteiger partial charge on any atom is -0.496 e. The van der Waals surface area contributed by atoms with Gasteiger partial charge in [-0.2, -0.15) is 0 Å². The number of oxazole rings is 1. The minimum atomic E-state index is -0.121. The molecule has 0 unspecified atom stereocenters. The maximum atomic E-state index is 12.8. The standard InChI is InChI=1S/C23H20N2O3S/c1-27-20-12-6-3-8-16(20)14-24-22(26)18-10-4-2-9-17(18)15-29-23-25-19-11-5-7-13-21(19)28-23/h2-13H,14-15H2,1H3,(H,24,26). The fourth-order valence-corrected chi connectivity index (χ4v) is 3.88. The highest BCUT2D eigenvalue weighted by atomic mass is 32.2. The Bertz CT molecular complexity index is 1110. The van der Waals surface area contributed by atoms with Gasteiger partial charge in [-0.25, -0.2) is 4.98 Å². The highest BCUT2D eigenvalue weighted by Crippen LogP contribution is 2.27. The van der Waals surface area contributed by atoms with Gasteiger partial charge in [-0.1, -0.05) is 60.3 Å². The third-order valence-corrected chi connectivity index (χ3v) is 5.40. The Hall–Kier alpha value is -3.25. The van der Waals surface area contributed by atoms with E-state index in [1.165, 1.54) is 11.8 Å². The fourth-order valence-electron chi connectivity index (χ4n) is 3.04. The van der Waals surface area contributed by atoms with Crippen LogP contribution in [0.1, 0.15) is 21.5 Å². The number of methoxy groups -OCH3 is 1. The second-order valence-corrected chi connectivity index (χ2v) is 7.31. The van der Waals surface area contributed by atoms with Crippen molar-refractivity contribution in [2.75, 3.05) is 7.11 Å². The summed E-state index contributed by atoms with van der Waals surface area (Å²) in [5, 5.41) is 3.58. The van der Waals surface area contributed by atoms with Gasteiger partial charge in [0.15, 0.2) is 5.58 Å². The summed E-state index contributed by atoms with van der Waals surface area (Å²) in [7, 11) is 1.62. The zero-order valence-electron chi connectivity index (χ0n) is 15.9. The molecule has 29 heavy (non-hydrogen) atoms. The van der Waals surface area contributed by atoms with Crippen LogP contribution in [0.4, 0.5) is 0 Å². The molecule has 0 aliphatic heterocycles. The Morgan fingerprint density at radius 3 is 2.55 bits per heavy atom. The maximum absolute atomic E-state index is 12.8. The molecule has 1 heterocycles. The first kappa shape index (κ1) is 19.1. The van der Waals surface area contributed by atoms with Gasteiger partial charge in [0.05, 0.1) is 7.11 Å². The topological polar surface area (TPSA) is 64.4 Å². The van der Waals surface area contributed by atoms with Gasteiger partial charge in [0, 0.05) is 23.4 Å². The van der Waals surface area contributed by atoms with Gasteiger partial charge >= 0.3 is 0 Å². The third kappa shape index (κ3) is 4.43. The number of amides is 1. The Morgan fingerprint density at radius 1 is 1.00 bits per heavy atom. The monoisotopic (exact) mass is 404 g/mol. The van der Waals surface area contributed by atoms with E-state index in [9.17, 15) is 4.79 Å². The summed E-state index contributed by atoms with van der Waals surface area (Å²) in [6.07, 6.45) is 0. The molecule has 0 aliphatic carbocycles. The molecule has 3 aromatic carbocycles. The number of rotatable bonds is 7. The van der Waals surface area contributed by atoms with Crippen LogP contribution in [0.25, 0.3) is 11.1 Å². The van der Waals surface area contributed by atoms with E-state index in [2.05, 4.69) is 10.3 Å². The lowest BCUT2D eigenvalue weighted by Gasteiger charge is -2.11. The molecule has 0 bridgehead atoms. The molecule has 0 radical (unpaired) electrons. The highest BCUT2D eigenvalue weighted by Gasteiger charge is 2.13. The highest BCUT2D eigenvalue weighted by molar-refractivity contribution is 7.98. The van der Waals surface area contributed by atoms with Crippen molar-refractivity contribution in [1.82, 2.24) is 10.3 Å². The number of fused-ring (bicyclic) bond motifs is 1. The lowest BCUT2D eigenvalue weighted by Crippen LogP contribution is -2.24. The molecule has 0 saturated heterocycles. The molecule has 0 spiro atoms. The molecule has 0 aliphatic rings.